The van der Waals surface area contributed by atoms with Crippen LogP contribution in [0.15, 0.2) is 45.6 Å². The van der Waals surface area contributed by atoms with Crippen LogP contribution in [-0.4, -0.2) is 59.0 Å². The summed E-state index contributed by atoms with van der Waals surface area (Å²) in [7, 11) is 4.06. The summed E-state index contributed by atoms with van der Waals surface area (Å²) in [4.78, 5) is 34.5. The summed E-state index contributed by atoms with van der Waals surface area (Å²) in [6, 6.07) is 11.0. The second-order valence-corrected chi connectivity index (χ2v) is 8.81. The van der Waals surface area contributed by atoms with Crippen LogP contribution in [0.3, 0.4) is 0 Å². The lowest BCUT2D eigenvalue weighted by Crippen LogP contribution is -2.52. The largest absolute Gasteiger partial charge is 0.441 e. The summed E-state index contributed by atoms with van der Waals surface area (Å²) in [5.74, 6) is 1.03. The average molecular weight is 406 g/mol. The van der Waals surface area contributed by atoms with Crippen LogP contribution in [0.25, 0.3) is 11.1 Å². The minimum atomic E-state index is 0.0102. The molecule has 4 heterocycles. The number of piperidine rings is 1. The van der Waals surface area contributed by atoms with Gasteiger partial charge in [-0.1, -0.05) is 6.07 Å². The molecule has 1 aromatic carbocycles. The van der Waals surface area contributed by atoms with Crippen molar-refractivity contribution in [3.63, 3.8) is 0 Å². The molecule has 3 aromatic rings. The molecule has 7 heteroatoms. The molecule has 5 rings (SSSR count). The average Bonchev–Trinajstić information content (AvgIpc) is 3.09. The molecule has 0 spiro atoms. The van der Waals surface area contributed by atoms with Gasteiger partial charge in [0.1, 0.15) is 5.52 Å². The third-order valence-corrected chi connectivity index (χ3v) is 6.38. The Balaban J connectivity index is 1.49. The van der Waals surface area contributed by atoms with E-state index in [1.165, 1.54) is 0 Å². The molecule has 1 saturated heterocycles. The highest BCUT2D eigenvalue weighted by Gasteiger charge is 2.42. The number of rotatable bonds is 3. The zero-order valence-corrected chi connectivity index (χ0v) is 17.5. The zero-order chi connectivity index (χ0) is 21.0. The van der Waals surface area contributed by atoms with Crippen LogP contribution in [0.5, 0.6) is 0 Å². The number of likely N-dealkylation sites (N-methyl/N-ethyl adjacent to an activating group) is 1. The molecule has 0 unspecified atom stereocenters. The number of likely N-dealkylation sites (tertiary alicyclic amines) is 1. The van der Waals surface area contributed by atoms with Crippen molar-refractivity contribution in [3.8, 4) is 0 Å². The van der Waals surface area contributed by atoms with E-state index >= 15 is 0 Å². The molecular formula is C23H26N4O3. The van der Waals surface area contributed by atoms with Crippen LogP contribution in [0.4, 0.5) is 0 Å². The number of fused-ring (bicyclic) bond motifs is 5. The Morgan fingerprint density at radius 1 is 1.23 bits per heavy atom. The van der Waals surface area contributed by atoms with Crippen molar-refractivity contribution >= 4 is 17.0 Å². The summed E-state index contributed by atoms with van der Waals surface area (Å²) in [6.45, 7) is 3.86. The van der Waals surface area contributed by atoms with Gasteiger partial charge in [-0.25, -0.2) is 4.98 Å². The fourth-order valence-electron chi connectivity index (χ4n) is 5.17. The summed E-state index contributed by atoms with van der Waals surface area (Å²) in [5, 5.41) is 0. The molecule has 1 fully saturated rings. The lowest BCUT2D eigenvalue weighted by molar-refractivity contribution is 0.0498. The van der Waals surface area contributed by atoms with Crippen LogP contribution < -0.4 is 5.56 Å². The van der Waals surface area contributed by atoms with Gasteiger partial charge in [0.05, 0.1) is 6.04 Å². The van der Waals surface area contributed by atoms with E-state index in [4.69, 9.17) is 4.42 Å². The minimum Gasteiger partial charge on any atom is -0.441 e. The van der Waals surface area contributed by atoms with E-state index in [0.717, 1.165) is 24.2 Å². The highest BCUT2D eigenvalue weighted by atomic mass is 16.3. The number of hydrogen-bond donors (Lipinski definition) is 0. The van der Waals surface area contributed by atoms with E-state index in [9.17, 15) is 9.59 Å². The molecule has 7 nitrogen and oxygen atoms in total. The Morgan fingerprint density at radius 2 is 2.07 bits per heavy atom. The number of oxazole rings is 1. The molecule has 2 bridgehead atoms. The number of aromatic nitrogens is 2. The standard InChI is InChI=1S/C23H26N4O3/c1-14-24-18-8-7-15(10-21(18)30-14)23(29)26-11-16-9-17(12-26)20(13-25(2)3)27-19(16)5-4-6-22(27)28/h4-8,10,16-17,20H,9,11-13H2,1-3H3/t16-,17+,20+/m1/s1. The number of nitrogens with zero attached hydrogens (tertiary/aromatic N) is 4. The van der Waals surface area contributed by atoms with Gasteiger partial charge in [0.25, 0.3) is 11.5 Å². The highest BCUT2D eigenvalue weighted by molar-refractivity contribution is 5.97. The first kappa shape index (κ1) is 19.1. The molecule has 0 aliphatic carbocycles. The summed E-state index contributed by atoms with van der Waals surface area (Å²) < 4.78 is 7.59. The van der Waals surface area contributed by atoms with Crippen molar-refractivity contribution in [1.29, 1.82) is 0 Å². The van der Waals surface area contributed by atoms with Crippen LogP contribution in [0.2, 0.25) is 0 Å². The quantitative estimate of drug-likeness (QED) is 0.669. The van der Waals surface area contributed by atoms with E-state index in [2.05, 4.69) is 9.88 Å². The van der Waals surface area contributed by atoms with Crippen molar-refractivity contribution in [1.82, 2.24) is 19.4 Å². The van der Waals surface area contributed by atoms with Crippen molar-refractivity contribution in [2.75, 3.05) is 33.7 Å². The third-order valence-electron chi connectivity index (χ3n) is 6.38. The number of pyridine rings is 1. The van der Waals surface area contributed by atoms with Crippen molar-refractivity contribution in [3.05, 3.63) is 63.9 Å². The van der Waals surface area contributed by atoms with Gasteiger partial charge in [-0.15, -0.1) is 0 Å². The topological polar surface area (TPSA) is 71.6 Å². The Bertz CT molecular complexity index is 1180. The number of hydrogen-bond acceptors (Lipinski definition) is 5. The van der Waals surface area contributed by atoms with Gasteiger partial charge >= 0.3 is 0 Å². The zero-order valence-electron chi connectivity index (χ0n) is 17.5. The summed E-state index contributed by atoms with van der Waals surface area (Å²) >= 11 is 0. The van der Waals surface area contributed by atoms with Gasteiger partial charge in [-0.05, 0) is 50.7 Å². The molecule has 30 heavy (non-hydrogen) atoms. The monoisotopic (exact) mass is 406 g/mol. The Labute approximate surface area is 174 Å². The first-order valence-electron chi connectivity index (χ1n) is 10.4. The van der Waals surface area contributed by atoms with Crippen LogP contribution >= 0.6 is 0 Å². The molecule has 0 saturated carbocycles. The number of carbonyl (C=O) groups excluding carboxylic acids is 1. The Hall–Kier alpha value is -2.93. The lowest BCUT2D eigenvalue weighted by Gasteiger charge is -2.47. The molecule has 2 aliphatic heterocycles. The van der Waals surface area contributed by atoms with Gasteiger partial charge in [-0.3, -0.25) is 9.59 Å². The number of aryl methyl sites for hydroxylation is 1. The molecule has 0 radical (unpaired) electrons. The summed E-state index contributed by atoms with van der Waals surface area (Å²) in [5.41, 5.74) is 3.12. The minimum absolute atomic E-state index is 0.0102. The normalized spacial score (nSPS) is 23.1. The second-order valence-electron chi connectivity index (χ2n) is 8.81. The molecule has 1 amide bonds. The van der Waals surface area contributed by atoms with E-state index in [0.29, 0.717) is 30.1 Å². The molecular weight excluding hydrogens is 380 g/mol. The van der Waals surface area contributed by atoms with Crippen LogP contribution in [-0.2, 0) is 0 Å². The first-order chi connectivity index (χ1) is 14.4. The van der Waals surface area contributed by atoms with Gasteiger partial charge < -0.3 is 18.8 Å². The fraction of sp³-hybridized carbons (Fsp3) is 0.435. The first-order valence-corrected chi connectivity index (χ1v) is 10.4. The maximum Gasteiger partial charge on any atom is 0.254 e. The molecule has 156 valence electrons. The van der Waals surface area contributed by atoms with Gasteiger partial charge in [0, 0.05) is 49.8 Å². The predicted octanol–water partition coefficient (Wildman–Crippen LogP) is 2.66. The maximum atomic E-state index is 13.4. The van der Waals surface area contributed by atoms with E-state index in [1.807, 2.05) is 47.8 Å². The lowest BCUT2D eigenvalue weighted by atomic mass is 9.78. The molecule has 3 atom stereocenters. The third kappa shape index (κ3) is 3.13. The van der Waals surface area contributed by atoms with Crippen LogP contribution in [0, 0.1) is 12.8 Å². The molecule has 2 aromatic heterocycles. The fourth-order valence-corrected chi connectivity index (χ4v) is 5.17. The number of benzene rings is 1. The molecule has 2 aliphatic rings. The maximum absolute atomic E-state index is 13.4. The van der Waals surface area contributed by atoms with Crippen molar-refractivity contribution < 1.29 is 9.21 Å². The number of carbonyl (C=O) groups is 1. The molecule has 0 N–H and O–H groups in total. The number of amides is 1. The van der Waals surface area contributed by atoms with E-state index in [1.54, 1.807) is 19.1 Å². The van der Waals surface area contributed by atoms with Gasteiger partial charge in [0.15, 0.2) is 11.5 Å². The SMILES string of the molecule is Cc1nc2ccc(C(=O)N3C[C@H]4C[C@@H](C3)[C@H](CN(C)C)n3c4cccc3=O)cc2o1. The van der Waals surface area contributed by atoms with Gasteiger partial charge in [-0.2, -0.15) is 0 Å². The van der Waals surface area contributed by atoms with Crippen molar-refractivity contribution in [2.24, 2.45) is 5.92 Å². The second kappa shape index (κ2) is 7.09. The van der Waals surface area contributed by atoms with Crippen LogP contribution in [0.1, 0.15) is 40.3 Å². The summed E-state index contributed by atoms with van der Waals surface area (Å²) in [6.07, 6.45) is 1.01. The predicted molar refractivity (Wildman–Crippen MR) is 114 cm³/mol. The van der Waals surface area contributed by atoms with E-state index < -0.39 is 0 Å². The van der Waals surface area contributed by atoms with Gasteiger partial charge in [0.2, 0.25) is 0 Å². The highest BCUT2D eigenvalue weighted by Crippen LogP contribution is 2.41. The van der Waals surface area contributed by atoms with Crippen molar-refractivity contribution in [2.45, 2.75) is 25.3 Å². The van der Waals surface area contributed by atoms with E-state index in [-0.39, 0.29) is 29.3 Å². The smallest absolute Gasteiger partial charge is 0.254 e. The Kier molecular flexibility index (Phi) is 4.50. The Morgan fingerprint density at radius 3 is 2.87 bits per heavy atom.